The van der Waals surface area contributed by atoms with Crippen LogP contribution in [0.4, 0.5) is 5.69 Å². The van der Waals surface area contributed by atoms with Crippen LogP contribution in [0.15, 0.2) is 42.5 Å². The van der Waals surface area contributed by atoms with Gasteiger partial charge < -0.3 is 16.8 Å². The van der Waals surface area contributed by atoms with Gasteiger partial charge in [0.15, 0.2) is 0 Å². The van der Waals surface area contributed by atoms with E-state index in [1.54, 1.807) is 6.07 Å². The summed E-state index contributed by atoms with van der Waals surface area (Å²) in [7, 11) is 0. The molecular formula is C20H21Cl2N3O. The maximum absolute atomic E-state index is 12.4. The summed E-state index contributed by atoms with van der Waals surface area (Å²) in [5.41, 5.74) is 14.9. The Labute approximate surface area is 162 Å². The first-order valence-corrected chi connectivity index (χ1v) is 9.53. The number of halogens is 2. The molecule has 4 rings (SSSR count). The highest BCUT2D eigenvalue weighted by atomic mass is 35.5. The molecule has 0 radical (unpaired) electrons. The molecule has 1 saturated carbocycles. The van der Waals surface area contributed by atoms with E-state index in [1.165, 1.54) is 0 Å². The number of anilines is 1. The van der Waals surface area contributed by atoms with Crippen molar-refractivity contribution in [2.45, 2.75) is 30.2 Å². The van der Waals surface area contributed by atoms with Crippen molar-refractivity contribution in [3.63, 3.8) is 0 Å². The van der Waals surface area contributed by atoms with Gasteiger partial charge in [-0.3, -0.25) is 4.79 Å². The number of nitrogen functional groups attached to an aromatic ring is 1. The number of nitrogens with one attached hydrogen (secondary N) is 1. The van der Waals surface area contributed by atoms with Gasteiger partial charge in [0, 0.05) is 28.2 Å². The van der Waals surface area contributed by atoms with Crippen LogP contribution < -0.4 is 16.8 Å². The van der Waals surface area contributed by atoms with E-state index in [4.69, 9.17) is 34.7 Å². The van der Waals surface area contributed by atoms with E-state index in [2.05, 4.69) is 5.32 Å². The molecule has 4 atom stereocenters. The number of carbonyl (C=O) groups excluding carboxylic acids is 1. The van der Waals surface area contributed by atoms with Crippen LogP contribution in [0.25, 0.3) is 0 Å². The van der Waals surface area contributed by atoms with E-state index in [9.17, 15) is 4.79 Å². The normalized spacial score (nSPS) is 30.7. The monoisotopic (exact) mass is 389 g/mol. The number of hydrogen-bond acceptors (Lipinski definition) is 3. The highest BCUT2D eigenvalue weighted by Gasteiger charge is 2.55. The fourth-order valence-electron chi connectivity index (χ4n) is 4.70. The second-order valence-corrected chi connectivity index (χ2v) is 8.23. The van der Waals surface area contributed by atoms with Crippen LogP contribution in [0, 0.1) is 5.92 Å². The SMILES string of the molecule is Nc1cc(Cl)ccc1[C@@H]1CC[C@@]2(N)C(=O)NC[C@H]2[C@H]1c1ccc(Cl)cc1. The second kappa shape index (κ2) is 6.45. The van der Waals surface area contributed by atoms with Gasteiger partial charge >= 0.3 is 0 Å². The Hall–Kier alpha value is -1.75. The van der Waals surface area contributed by atoms with Gasteiger partial charge in [-0.15, -0.1) is 0 Å². The Morgan fingerprint density at radius 1 is 1.08 bits per heavy atom. The van der Waals surface area contributed by atoms with Crippen LogP contribution in [0.1, 0.15) is 35.8 Å². The molecule has 4 nitrogen and oxygen atoms in total. The minimum absolute atomic E-state index is 0.00463. The minimum atomic E-state index is -0.831. The first-order chi connectivity index (χ1) is 12.4. The highest BCUT2D eigenvalue weighted by molar-refractivity contribution is 6.31. The van der Waals surface area contributed by atoms with E-state index in [0.29, 0.717) is 28.7 Å². The van der Waals surface area contributed by atoms with E-state index in [-0.39, 0.29) is 23.7 Å². The molecule has 0 spiro atoms. The molecule has 6 heteroatoms. The summed E-state index contributed by atoms with van der Waals surface area (Å²) in [6.45, 7) is 0.576. The van der Waals surface area contributed by atoms with Crippen molar-refractivity contribution in [1.29, 1.82) is 0 Å². The lowest BCUT2D eigenvalue weighted by Gasteiger charge is -2.44. The van der Waals surface area contributed by atoms with E-state index < -0.39 is 5.54 Å². The number of hydrogen-bond donors (Lipinski definition) is 3. The van der Waals surface area contributed by atoms with E-state index in [1.807, 2.05) is 36.4 Å². The number of nitrogens with two attached hydrogens (primary N) is 2. The Kier molecular flexibility index (Phi) is 4.38. The van der Waals surface area contributed by atoms with Crippen LogP contribution in [-0.2, 0) is 4.79 Å². The van der Waals surface area contributed by atoms with Crippen LogP contribution in [0.2, 0.25) is 10.0 Å². The van der Waals surface area contributed by atoms with Gasteiger partial charge in [-0.05, 0) is 60.1 Å². The Morgan fingerprint density at radius 3 is 2.46 bits per heavy atom. The van der Waals surface area contributed by atoms with Gasteiger partial charge in [-0.1, -0.05) is 41.4 Å². The maximum atomic E-state index is 12.4. The molecule has 1 aliphatic carbocycles. The number of benzene rings is 2. The molecule has 2 aromatic rings. The summed E-state index contributed by atoms with van der Waals surface area (Å²) in [5.74, 6) is 0.199. The highest BCUT2D eigenvalue weighted by Crippen LogP contribution is 2.53. The first-order valence-electron chi connectivity index (χ1n) is 8.78. The summed E-state index contributed by atoms with van der Waals surface area (Å²) in [5, 5.41) is 4.27. The molecule has 0 unspecified atom stereocenters. The number of amides is 1. The Balaban J connectivity index is 1.82. The third kappa shape index (κ3) is 2.77. The molecule has 1 saturated heterocycles. The molecule has 1 aliphatic heterocycles. The standard InChI is InChI=1S/C20H21Cl2N3O/c21-12-3-1-11(2-4-12)18-15(14-6-5-13(22)9-17(14)23)7-8-20(24)16(18)10-25-19(20)26/h1-6,9,15-16,18H,7-8,10,23-24H2,(H,25,26)/t15-,16-,18-,20-/m0/s1. The Bertz CT molecular complexity index is 855. The Morgan fingerprint density at radius 2 is 1.77 bits per heavy atom. The zero-order chi connectivity index (χ0) is 18.5. The quantitative estimate of drug-likeness (QED) is 0.685. The van der Waals surface area contributed by atoms with Crippen LogP contribution >= 0.6 is 23.2 Å². The van der Waals surface area contributed by atoms with Gasteiger partial charge in [0.2, 0.25) is 5.91 Å². The van der Waals surface area contributed by atoms with Crippen LogP contribution in [0.5, 0.6) is 0 Å². The number of carbonyl (C=O) groups is 1. The van der Waals surface area contributed by atoms with Gasteiger partial charge in [-0.25, -0.2) is 0 Å². The van der Waals surface area contributed by atoms with Crippen molar-refractivity contribution < 1.29 is 4.79 Å². The van der Waals surface area contributed by atoms with E-state index >= 15 is 0 Å². The largest absolute Gasteiger partial charge is 0.398 e. The van der Waals surface area contributed by atoms with Crippen molar-refractivity contribution in [1.82, 2.24) is 5.32 Å². The molecule has 2 fully saturated rings. The van der Waals surface area contributed by atoms with Crippen molar-refractivity contribution in [2.75, 3.05) is 12.3 Å². The zero-order valence-electron chi connectivity index (χ0n) is 14.2. The lowest BCUT2D eigenvalue weighted by molar-refractivity contribution is -0.125. The predicted molar refractivity (Wildman–Crippen MR) is 105 cm³/mol. The molecule has 5 N–H and O–H groups in total. The van der Waals surface area contributed by atoms with Crippen molar-refractivity contribution in [3.05, 3.63) is 63.6 Å². The summed E-state index contributed by atoms with van der Waals surface area (Å²) in [4.78, 5) is 12.4. The summed E-state index contributed by atoms with van der Waals surface area (Å²) in [6.07, 6.45) is 1.43. The summed E-state index contributed by atoms with van der Waals surface area (Å²) >= 11 is 12.2. The van der Waals surface area contributed by atoms with Gasteiger partial charge in [0.05, 0.1) is 0 Å². The molecule has 136 valence electrons. The predicted octanol–water partition coefficient (Wildman–Crippen LogP) is 3.68. The third-order valence-electron chi connectivity index (χ3n) is 6.01. The molecule has 2 aromatic carbocycles. The average Bonchev–Trinajstić information content (AvgIpc) is 2.91. The van der Waals surface area contributed by atoms with Gasteiger partial charge in [0.25, 0.3) is 0 Å². The molecular weight excluding hydrogens is 369 g/mol. The third-order valence-corrected chi connectivity index (χ3v) is 6.49. The maximum Gasteiger partial charge on any atom is 0.240 e. The summed E-state index contributed by atoms with van der Waals surface area (Å²) in [6, 6.07) is 13.5. The topological polar surface area (TPSA) is 81.1 Å². The van der Waals surface area contributed by atoms with Crippen LogP contribution in [0.3, 0.4) is 0 Å². The molecule has 1 amide bonds. The molecule has 1 heterocycles. The second-order valence-electron chi connectivity index (χ2n) is 7.35. The summed E-state index contributed by atoms with van der Waals surface area (Å²) < 4.78 is 0. The molecule has 0 aromatic heterocycles. The van der Waals surface area contributed by atoms with Crippen molar-refractivity contribution in [3.8, 4) is 0 Å². The first kappa shape index (κ1) is 17.7. The van der Waals surface area contributed by atoms with Gasteiger partial charge in [-0.2, -0.15) is 0 Å². The van der Waals surface area contributed by atoms with Crippen molar-refractivity contribution >= 4 is 34.8 Å². The van der Waals surface area contributed by atoms with E-state index in [0.717, 1.165) is 17.5 Å². The van der Waals surface area contributed by atoms with Crippen LogP contribution in [-0.4, -0.2) is 18.0 Å². The molecule has 26 heavy (non-hydrogen) atoms. The number of rotatable bonds is 2. The smallest absolute Gasteiger partial charge is 0.240 e. The van der Waals surface area contributed by atoms with Crippen molar-refractivity contribution in [2.24, 2.45) is 11.7 Å². The molecule has 0 bridgehead atoms. The average molecular weight is 390 g/mol. The molecule has 2 aliphatic rings. The lowest BCUT2D eigenvalue weighted by atomic mass is 9.60. The minimum Gasteiger partial charge on any atom is -0.398 e. The zero-order valence-corrected chi connectivity index (χ0v) is 15.7. The number of fused-ring (bicyclic) bond motifs is 1. The van der Waals surface area contributed by atoms with Gasteiger partial charge in [0.1, 0.15) is 5.54 Å². The lowest BCUT2D eigenvalue weighted by Crippen LogP contribution is -2.56. The fourth-order valence-corrected chi connectivity index (χ4v) is 5.01. The fraction of sp³-hybridized carbons (Fsp3) is 0.350.